The summed E-state index contributed by atoms with van der Waals surface area (Å²) in [6.07, 6.45) is 3.36. The molecule has 5 nitrogen and oxygen atoms in total. The van der Waals surface area contributed by atoms with Crippen molar-refractivity contribution in [2.24, 2.45) is 0 Å². The van der Waals surface area contributed by atoms with Crippen LogP contribution in [-0.4, -0.2) is 22.6 Å². The Morgan fingerprint density at radius 2 is 1.90 bits per heavy atom. The van der Waals surface area contributed by atoms with Gasteiger partial charge in [0.1, 0.15) is 11.4 Å². The molecule has 0 aromatic heterocycles. The van der Waals surface area contributed by atoms with Gasteiger partial charge in [-0.2, -0.15) is 0 Å². The first kappa shape index (κ1) is 15.8. The van der Waals surface area contributed by atoms with Gasteiger partial charge in [0, 0.05) is 5.69 Å². The van der Waals surface area contributed by atoms with Crippen LogP contribution in [0, 0.1) is 5.82 Å². The van der Waals surface area contributed by atoms with Crippen LogP contribution < -0.4 is 10.6 Å². The Balaban J connectivity index is 2.05. The van der Waals surface area contributed by atoms with Gasteiger partial charge in [-0.15, -0.1) is 0 Å². The number of carboxylic acid groups (broad SMARTS) is 1. The fourth-order valence-corrected chi connectivity index (χ4v) is 2.88. The predicted octanol–water partition coefficient (Wildman–Crippen LogP) is 3.50. The van der Waals surface area contributed by atoms with Crippen LogP contribution in [-0.2, 0) is 4.79 Å². The van der Waals surface area contributed by atoms with Crippen LogP contribution in [0.4, 0.5) is 14.9 Å². The third-order valence-electron chi connectivity index (χ3n) is 3.65. The molecular weight excluding hydrogens is 343 g/mol. The Bertz CT molecular complexity index is 559. The number of anilines is 1. The predicted molar refractivity (Wildman–Crippen MR) is 79.7 cm³/mol. The minimum atomic E-state index is -1.21. The molecule has 21 heavy (non-hydrogen) atoms. The summed E-state index contributed by atoms with van der Waals surface area (Å²) in [6, 6.07) is 3.45. The molecule has 0 heterocycles. The molecule has 1 fully saturated rings. The number of nitrogens with one attached hydrogen (secondary N) is 2. The van der Waals surface area contributed by atoms with E-state index in [1.807, 2.05) is 0 Å². The lowest BCUT2D eigenvalue weighted by Gasteiger charge is -2.33. The number of carboxylic acids is 1. The molecule has 1 aromatic rings. The quantitative estimate of drug-likeness (QED) is 0.773. The number of carbonyl (C=O) groups excluding carboxylic acids is 1. The Hall–Kier alpha value is -1.63. The molecule has 0 saturated heterocycles. The Kier molecular flexibility index (Phi) is 4.82. The lowest BCUT2D eigenvalue weighted by molar-refractivity contribution is -0.145. The van der Waals surface area contributed by atoms with E-state index in [0.717, 1.165) is 19.3 Å². The molecule has 1 aliphatic rings. The molecule has 3 N–H and O–H groups in total. The minimum Gasteiger partial charge on any atom is -0.480 e. The van der Waals surface area contributed by atoms with Crippen LogP contribution in [0.25, 0.3) is 0 Å². The molecule has 0 aliphatic heterocycles. The third kappa shape index (κ3) is 3.72. The van der Waals surface area contributed by atoms with Gasteiger partial charge in [-0.05, 0) is 47.0 Å². The lowest BCUT2D eigenvalue weighted by Crippen LogP contribution is -2.56. The number of rotatable bonds is 3. The zero-order chi connectivity index (χ0) is 15.5. The first-order chi connectivity index (χ1) is 9.93. The fourth-order valence-electron chi connectivity index (χ4n) is 2.50. The summed E-state index contributed by atoms with van der Waals surface area (Å²) in [5, 5.41) is 14.5. The molecule has 0 spiro atoms. The van der Waals surface area contributed by atoms with E-state index in [-0.39, 0.29) is 4.47 Å². The molecule has 0 unspecified atom stereocenters. The van der Waals surface area contributed by atoms with E-state index in [1.54, 1.807) is 0 Å². The van der Waals surface area contributed by atoms with Crippen molar-refractivity contribution in [2.45, 2.75) is 37.6 Å². The van der Waals surface area contributed by atoms with Crippen molar-refractivity contribution in [3.05, 3.63) is 28.5 Å². The summed E-state index contributed by atoms with van der Waals surface area (Å²) >= 11 is 3.03. The normalized spacial score (nSPS) is 17.0. The molecule has 0 radical (unpaired) electrons. The van der Waals surface area contributed by atoms with Crippen molar-refractivity contribution in [2.75, 3.05) is 5.32 Å². The number of benzene rings is 1. The molecule has 2 amide bonds. The highest BCUT2D eigenvalue weighted by Gasteiger charge is 2.40. The van der Waals surface area contributed by atoms with E-state index in [0.29, 0.717) is 18.5 Å². The molecule has 114 valence electrons. The van der Waals surface area contributed by atoms with Crippen molar-refractivity contribution in [1.29, 1.82) is 0 Å². The molecular formula is C14H16BrFN2O3. The largest absolute Gasteiger partial charge is 0.480 e. The zero-order valence-corrected chi connectivity index (χ0v) is 12.9. The van der Waals surface area contributed by atoms with Crippen LogP contribution >= 0.6 is 15.9 Å². The average Bonchev–Trinajstić information content (AvgIpc) is 2.43. The number of hydrogen-bond acceptors (Lipinski definition) is 2. The van der Waals surface area contributed by atoms with Crippen molar-refractivity contribution in [3.8, 4) is 0 Å². The van der Waals surface area contributed by atoms with Crippen molar-refractivity contribution < 1.29 is 19.1 Å². The number of aliphatic carboxylic acids is 1. The van der Waals surface area contributed by atoms with E-state index in [4.69, 9.17) is 0 Å². The molecule has 1 saturated carbocycles. The lowest BCUT2D eigenvalue weighted by atomic mass is 9.82. The maximum absolute atomic E-state index is 13.1. The summed E-state index contributed by atoms with van der Waals surface area (Å²) < 4.78 is 13.4. The first-order valence-corrected chi connectivity index (χ1v) is 7.50. The average molecular weight is 359 g/mol. The van der Waals surface area contributed by atoms with Crippen LogP contribution in [0.5, 0.6) is 0 Å². The van der Waals surface area contributed by atoms with Crippen LogP contribution in [0.2, 0.25) is 0 Å². The highest BCUT2D eigenvalue weighted by atomic mass is 79.9. The number of halogens is 2. The summed E-state index contributed by atoms with van der Waals surface area (Å²) in [4.78, 5) is 23.5. The van der Waals surface area contributed by atoms with Crippen LogP contribution in [0.15, 0.2) is 22.7 Å². The molecule has 0 bridgehead atoms. The van der Waals surface area contributed by atoms with E-state index < -0.39 is 23.4 Å². The minimum absolute atomic E-state index is 0.228. The molecule has 2 rings (SSSR count). The fraction of sp³-hybridized carbons (Fsp3) is 0.429. The summed E-state index contributed by atoms with van der Waals surface area (Å²) in [5.41, 5.74) is -0.823. The van der Waals surface area contributed by atoms with Gasteiger partial charge in [0.15, 0.2) is 0 Å². The smallest absolute Gasteiger partial charge is 0.329 e. The van der Waals surface area contributed by atoms with Crippen molar-refractivity contribution in [3.63, 3.8) is 0 Å². The van der Waals surface area contributed by atoms with E-state index in [1.165, 1.54) is 18.2 Å². The second-order valence-corrected chi connectivity index (χ2v) is 6.01. The third-order valence-corrected chi connectivity index (χ3v) is 4.25. The topological polar surface area (TPSA) is 78.4 Å². The summed E-state index contributed by atoms with van der Waals surface area (Å²) in [5.74, 6) is -1.45. The highest BCUT2D eigenvalue weighted by Crippen LogP contribution is 2.28. The van der Waals surface area contributed by atoms with Gasteiger partial charge in [0.05, 0.1) is 4.47 Å². The first-order valence-electron chi connectivity index (χ1n) is 6.70. The second kappa shape index (κ2) is 6.43. The van der Waals surface area contributed by atoms with Gasteiger partial charge in [0.25, 0.3) is 0 Å². The molecule has 1 aliphatic carbocycles. The number of carbonyl (C=O) groups is 2. The van der Waals surface area contributed by atoms with Gasteiger partial charge >= 0.3 is 12.0 Å². The van der Waals surface area contributed by atoms with Crippen molar-refractivity contribution >= 4 is 33.6 Å². The van der Waals surface area contributed by atoms with Gasteiger partial charge in [-0.3, -0.25) is 0 Å². The molecule has 7 heteroatoms. The highest BCUT2D eigenvalue weighted by molar-refractivity contribution is 9.10. The van der Waals surface area contributed by atoms with Crippen LogP contribution in [0.1, 0.15) is 32.1 Å². The maximum Gasteiger partial charge on any atom is 0.329 e. The van der Waals surface area contributed by atoms with Crippen LogP contribution in [0.3, 0.4) is 0 Å². The molecule has 0 atom stereocenters. The van der Waals surface area contributed by atoms with Gasteiger partial charge in [0.2, 0.25) is 0 Å². The summed E-state index contributed by atoms with van der Waals surface area (Å²) in [6.45, 7) is 0. The number of urea groups is 1. The number of hydrogen-bond donors (Lipinski definition) is 3. The van der Waals surface area contributed by atoms with Gasteiger partial charge in [-0.1, -0.05) is 19.3 Å². The standard InChI is InChI=1S/C14H16BrFN2O3/c15-10-8-9(4-5-11(10)16)17-13(21)18-14(12(19)20)6-2-1-3-7-14/h4-5,8H,1-3,6-7H2,(H,19,20)(H2,17,18,21). The Labute approximate surface area is 130 Å². The maximum atomic E-state index is 13.1. The number of amides is 2. The van der Waals surface area contributed by atoms with E-state index in [2.05, 4.69) is 26.6 Å². The van der Waals surface area contributed by atoms with Gasteiger partial charge < -0.3 is 15.7 Å². The summed E-state index contributed by atoms with van der Waals surface area (Å²) in [7, 11) is 0. The SMILES string of the molecule is O=C(Nc1ccc(F)c(Br)c1)NC1(C(=O)O)CCCCC1. The second-order valence-electron chi connectivity index (χ2n) is 5.16. The zero-order valence-electron chi connectivity index (χ0n) is 11.3. The Morgan fingerprint density at radius 1 is 1.24 bits per heavy atom. The monoisotopic (exact) mass is 358 g/mol. The van der Waals surface area contributed by atoms with Gasteiger partial charge in [-0.25, -0.2) is 14.0 Å². The Morgan fingerprint density at radius 3 is 2.48 bits per heavy atom. The van der Waals surface area contributed by atoms with Crippen molar-refractivity contribution in [1.82, 2.24) is 5.32 Å². The van der Waals surface area contributed by atoms with E-state index >= 15 is 0 Å². The molecule has 1 aromatic carbocycles. The van der Waals surface area contributed by atoms with E-state index in [9.17, 15) is 19.1 Å².